The Morgan fingerprint density at radius 3 is 2.83 bits per heavy atom. The van der Waals surface area contributed by atoms with Crippen molar-refractivity contribution in [2.45, 2.75) is 45.7 Å². The van der Waals surface area contributed by atoms with E-state index in [0.717, 1.165) is 60.8 Å². The zero-order valence-electron chi connectivity index (χ0n) is 17.6. The van der Waals surface area contributed by atoms with E-state index in [1.54, 1.807) is 7.11 Å². The molecule has 0 amide bonds. The number of rotatable bonds is 5. The molecule has 1 unspecified atom stereocenters. The number of hydrogen-bond donors (Lipinski definition) is 1. The highest BCUT2D eigenvalue weighted by Gasteiger charge is 2.19. The third-order valence-corrected chi connectivity index (χ3v) is 5.77. The summed E-state index contributed by atoms with van der Waals surface area (Å²) in [6.07, 6.45) is 3.41. The molecule has 5 nitrogen and oxygen atoms in total. The van der Waals surface area contributed by atoms with Crippen LogP contribution in [0.3, 0.4) is 0 Å². The molecule has 1 saturated heterocycles. The zero-order chi connectivity index (χ0) is 20.2. The molecule has 5 heteroatoms. The molecule has 1 aliphatic rings. The third-order valence-electron chi connectivity index (χ3n) is 5.77. The Morgan fingerprint density at radius 1 is 1.07 bits per heavy atom. The van der Waals surface area contributed by atoms with Gasteiger partial charge in [-0.15, -0.1) is 0 Å². The van der Waals surface area contributed by atoms with Crippen molar-refractivity contribution in [3.8, 4) is 5.75 Å². The summed E-state index contributed by atoms with van der Waals surface area (Å²) in [5, 5.41) is 4.87. The maximum atomic E-state index is 5.33. The van der Waals surface area contributed by atoms with E-state index in [2.05, 4.69) is 54.4 Å². The fourth-order valence-electron chi connectivity index (χ4n) is 4.07. The van der Waals surface area contributed by atoms with Gasteiger partial charge in [-0.25, -0.2) is 9.97 Å². The molecule has 2 aromatic carbocycles. The van der Waals surface area contributed by atoms with Gasteiger partial charge in [0.1, 0.15) is 5.75 Å². The minimum absolute atomic E-state index is 0.509. The van der Waals surface area contributed by atoms with E-state index in [1.807, 2.05) is 12.1 Å². The summed E-state index contributed by atoms with van der Waals surface area (Å²) < 4.78 is 5.33. The summed E-state index contributed by atoms with van der Waals surface area (Å²) in [5.41, 5.74) is 4.60. The molecule has 0 aliphatic carbocycles. The molecule has 1 aliphatic heterocycles. The summed E-state index contributed by atoms with van der Waals surface area (Å²) >= 11 is 0. The predicted octanol–water partition coefficient (Wildman–Crippen LogP) is 4.40. The van der Waals surface area contributed by atoms with Gasteiger partial charge in [0.2, 0.25) is 5.95 Å². The van der Waals surface area contributed by atoms with E-state index in [-0.39, 0.29) is 0 Å². The fourth-order valence-corrected chi connectivity index (χ4v) is 4.07. The molecule has 0 spiro atoms. The van der Waals surface area contributed by atoms with Crippen molar-refractivity contribution < 1.29 is 4.74 Å². The molecule has 1 atom stereocenters. The van der Waals surface area contributed by atoms with Crippen LogP contribution in [0.4, 0.5) is 5.95 Å². The van der Waals surface area contributed by atoms with Crippen molar-refractivity contribution >= 4 is 16.9 Å². The van der Waals surface area contributed by atoms with E-state index in [9.17, 15) is 0 Å². The number of hydrogen-bond acceptors (Lipinski definition) is 5. The highest BCUT2D eigenvalue weighted by atomic mass is 16.5. The van der Waals surface area contributed by atoms with Crippen LogP contribution in [0.15, 0.2) is 42.5 Å². The van der Waals surface area contributed by atoms with Gasteiger partial charge in [-0.05, 0) is 62.4 Å². The molecule has 2 heterocycles. The first kappa shape index (κ1) is 19.6. The molecule has 1 N–H and O–H groups in total. The summed E-state index contributed by atoms with van der Waals surface area (Å²) in [5.74, 6) is 1.78. The standard InChI is InChI=1S/C24H30N4O/c1-17-9-10-22-18(2)26-24(27-23(22)14-17)28-12-5-7-20(11-13-28)25-16-19-6-4-8-21(15-19)29-3/h4,6,8-10,14-15,20,25H,5,7,11-13,16H2,1-3H3. The Morgan fingerprint density at radius 2 is 1.97 bits per heavy atom. The monoisotopic (exact) mass is 390 g/mol. The number of ether oxygens (including phenoxy) is 1. The van der Waals surface area contributed by atoms with Crippen molar-refractivity contribution in [3.05, 3.63) is 59.3 Å². The maximum absolute atomic E-state index is 5.33. The lowest BCUT2D eigenvalue weighted by molar-refractivity contribution is 0.413. The molecule has 0 bridgehead atoms. The van der Waals surface area contributed by atoms with E-state index < -0.39 is 0 Å². The zero-order valence-corrected chi connectivity index (χ0v) is 17.6. The van der Waals surface area contributed by atoms with E-state index in [4.69, 9.17) is 14.7 Å². The van der Waals surface area contributed by atoms with Crippen LogP contribution in [-0.4, -0.2) is 36.2 Å². The summed E-state index contributed by atoms with van der Waals surface area (Å²) in [6.45, 7) is 7.05. The lowest BCUT2D eigenvalue weighted by atomic mass is 10.1. The van der Waals surface area contributed by atoms with Gasteiger partial charge in [-0.2, -0.15) is 0 Å². The number of anilines is 1. The molecular weight excluding hydrogens is 360 g/mol. The number of methoxy groups -OCH3 is 1. The number of aromatic nitrogens is 2. The molecule has 4 rings (SSSR count). The van der Waals surface area contributed by atoms with Crippen LogP contribution in [0.1, 0.15) is 36.1 Å². The van der Waals surface area contributed by atoms with Crippen LogP contribution >= 0.6 is 0 Å². The van der Waals surface area contributed by atoms with Crippen molar-refractivity contribution in [2.24, 2.45) is 0 Å². The van der Waals surface area contributed by atoms with Gasteiger partial charge in [0.25, 0.3) is 0 Å². The number of nitrogens with one attached hydrogen (secondary N) is 1. The molecule has 152 valence electrons. The van der Waals surface area contributed by atoms with Gasteiger partial charge < -0.3 is 15.0 Å². The van der Waals surface area contributed by atoms with Crippen molar-refractivity contribution in [1.82, 2.24) is 15.3 Å². The van der Waals surface area contributed by atoms with Crippen LogP contribution in [0.2, 0.25) is 0 Å². The molecule has 0 saturated carbocycles. The largest absolute Gasteiger partial charge is 0.497 e. The SMILES string of the molecule is COc1cccc(CNC2CCCN(c3nc(C)c4ccc(C)cc4n3)CC2)c1. The molecule has 1 fully saturated rings. The summed E-state index contributed by atoms with van der Waals surface area (Å²) in [6, 6.07) is 15.2. The Bertz CT molecular complexity index is 988. The molecule has 0 radical (unpaired) electrons. The first-order valence-corrected chi connectivity index (χ1v) is 10.5. The fraction of sp³-hybridized carbons (Fsp3) is 0.417. The smallest absolute Gasteiger partial charge is 0.226 e. The average molecular weight is 391 g/mol. The Balaban J connectivity index is 1.41. The maximum Gasteiger partial charge on any atom is 0.226 e. The molecule has 3 aromatic rings. The van der Waals surface area contributed by atoms with Crippen LogP contribution in [0.5, 0.6) is 5.75 Å². The van der Waals surface area contributed by atoms with E-state index >= 15 is 0 Å². The second-order valence-corrected chi connectivity index (χ2v) is 7.98. The molecule has 1 aromatic heterocycles. The van der Waals surface area contributed by atoms with Crippen LogP contribution in [0, 0.1) is 13.8 Å². The number of fused-ring (bicyclic) bond motifs is 1. The summed E-state index contributed by atoms with van der Waals surface area (Å²) in [4.78, 5) is 12.0. The van der Waals surface area contributed by atoms with Gasteiger partial charge in [-0.1, -0.05) is 24.3 Å². The van der Waals surface area contributed by atoms with Gasteiger partial charge in [-0.3, -0.25) is 0 Å². The first-order chi connectivity index (χ1) is 14.1. The predicted molar refractivity (Wildman–Crippen MR) is 119 cm³/mol. The minimum Gasteiger partial charge on any atom is -0.497 e. The Labute approximate surface area is 173 Å². The normalized spacial score (nSPS) is 17.3. The van der Waals surface area contributed by atoms with E-state index in [0.29, 0.717) is 6.04 Å². The van der Waals surface area contributed by atoms with Crippen molar-refractivity contribution in [2.75, 3.05) is 25.1 Å². The van der Waals surface area contributed by atoms with Crippen LogP contribution in [-0.2, 0) is 6.54 Å². The Hall–Kier alpha value is -2.66. The lowest BCUT2D eigenvalue weighted by Gasteiger charge is -2.22. The minimum atomic E-state index is 0.509. The van der Waals surface area contributed by atoms with Gasteiger partial charge in [0, 0.05) is 31.1 Å². The lowest BCUT2D eigenvalue weighted by Crippen LogP contribution is -2.31. The van der Waals surface area contributed by atoms with Gasteiger partial charge >= 0.3 is 0 Å². The van der Waals surface area contributed by atoms with Crippen molar-refractivity contribution in [1.29, 1.82) is 0 Å². The number of nitrogens with zero attached hydrogens (tertiary/aromatic N) is 3. The van der Waals surface area contributed by atoms with Gasteiger partial charge in [0.05, 0.1) is 18.3 Å². The number of benzene rings is 2. The molecular formula is C24H30N4O. The highest BCUT2D eigenvalue weighted by Crippen LogP contribution is 2.23. The van der Waals surface area contributed by atoms with Gasteiger partial charge in [0.15, 0.2) is 0 Å². The van der Waals surface area contributed by atoms with E-state index in [1.165, 1.54) is 17.5 Å². The molecule has 29 heavy (non-hydrogen) atoms. The highest BCUT2D eigenvalue weighted by molar-refractivity contribution is 5.82. The van der Waals surface area contributed by atoms with Crippen molar-refractivity contribution in [3.63, 3.8) is 0 Å². The number of aryl methyl sites for hydroxylation is 2. The Kier molecular flexibility index (Phi) is 5.95. The quantitative estimate of drug-likeness (QED) is 0.700. The second-order valence-electron chi connectivity index (χ2n) is 7.98. The topological polar surface area (TPSA) is 50.3 Å². The third kappa shape index (κ3) is 4.67. The summed E-state index contributed by atoms with van der Waals surface area (Å²) in [7, 11) is 1.71. The van der Waals surface area contributed by atoms with Crippen LogP contribution < -0.4 is 15.0 Å². The second kappa shape index (κ2) is 8.78. The first-order valence-electron chi connectivity index (χ1n) is 10.5. The van der Waals surface area contributed by atoms with Crippen LogP contribution in [0.25, 0.3) is 10.9 Å². The average Bonchev–Trinajstić information content (AvgIpc) is 2.98.